The van der Waals surface area contributed by atoms with Gasteiger partial charge in [-0.2, -0.15) is 0 Å². The molecule has 1 amide bonds. The summed E-state index contributed by atoms with van der Waals surface area (Å²) in [6, 6.07) is 17.1. The number of hydrogen-bond donors (Lipinski definition) is 3. The number of amides is 1. The van der Waals surface area contributed by atoms with E-state index < -0.39 is 12.2 Å². The molecule has 1 aromatic heterocycles. The molecule has 0 fully saturated rings. The second-order valence-corrected chi connectivity index (χ2v) is 6.88. The van der Waals surface area contributed by atoms with E-state index >= 15 is 0 Å². The molecule has 1 atom stereocenters. The standard InChI is InChI=1S/C21H19BrN4O2/c1-14(15-6-3-2-4-7-15)28-21(27)26-20-19(16-9-11-17(22)12-10-16)24-18(25-20)8-5-13-23/h2-14,23H,1H3,(H,24,25)(H,26,27)/t14-/m1/s1. The van der Waals surface area contributed by atoms with E-state index in [4.69, 9.17) is 10.1 Å². The molecule has 1 heterocycles. The van der Waals surface area contributed by atoms with Crippen LogP contribution in [0.3, 0.4) is 0 Å². The topological polar surface area (TPSA) is 90.9 Å². The molecule has 2 aromatic carbocycles. The SMILES string of the molecule is C[C@@H](OC(=O)Nc1nc(C=CC=N)[nH]c1-c1ccc(Br)cc1)c1ccccc1. The highest BCUT2D eigenvalue weighted by atomic mass is 79.9. The highest BCUT2D eigenvalue weighted by Gasteiger charge is 2.17. The Morgan fingerprint density at radius 1 is 1.21 bits per heavy atom. The fraction of sp³-hybridized carbons (Fsp3) is 0.0952. The number of nitrogens with zero attached hydrogens (tertiary/aromatic N) is 1. The van der Waals surface area contributed by atoms with Crippen molar-refractivity contribution in [2.45, 2.75) is 13.0 Å². The van der Waals surface area contributed by atoms with Crippen LogP contribution in [0.25, 0.3) is 17.3 Å². The van der Waals surface area contributed by atoms with E-state index in [1.54, 1.807) is 12.2 Å². The maximum absolute atomic E-state index is 12.4. The Morgan fingerprint density at radius 2 is 1.93 bits per heavy atom. The number of rotatable bonds is 6. The number of aromatic amines is 1. The van der Waals surface area contributed by atoms with E-state index in [2.05, 4.69) is 31.2 Å². The predicted octanol–water partition coefficient (Wildman–Crippen LogP) is 5.81. The molecule has 6 nitrogen and oxygen atoms in total. The van der Waals surface area contributed by atoms with Crippen LogP contribution in [0.2, 0.25) is 0 Å². The number of carbonyl (C=O) groups excluding carboxylic acids is 1. The lowest BCUT2D eigenvalue weighted by Gasteiger charge is -2.14. The van der Waals surface area contributed by atoms with Crippen LogP contribution in [-0.2, 0) is 4.74 Å². The van der Waals surface area contributed by atoms with E-state index in [0.29, 0.717) is 17.3 Å². The van der Waals surface area contributed by atoms with Crippen molar-refractivity contribution < 1.29 is 9.53 Å². The number of H-pyrrole nitrogens is 1. The van der Waals surface area contributed by atoms with Crippen molar-refractivity contribution in [1.29, 1.82) is 5.41 Å². The minimum absolute atomic E-state index is 0.359. The van der Waals surface area contributed by atoms with Gasteiger partial charge in [-0.05, 0) is 36.8 Å². The van der Waals surface area contributed by atoms with Gasteiger partial charge in [0, 0.05) is 16.3 Å². The van der Waals surface area contributed by atoms with Crippen LogP contribution in [-0.4, -0.2) is 22.3 Å². The molecular weight excluding hydrogens is 420 g/mol. The van der Waals surface area contributed by atoms with Crippen LogP contribution >= 0.6 is 15.9 Å². The van der Waals surface area contributed by atoms with Crippen molar-refractivity contribution in [1.82, 2.24) is 9.97 Å². The van der Waals surface area contributed by atoms with Gasteiger partial charge in [0.15, 0.2) is 5.82 Å². The minimum atomic E-state index is -0.594. The Bertz CT molecular complexity index is 981. The molecule has 0 spiro atoms. The number of benzene rings is 2. The molecule has 7 heteroatoms. The third kappa shape index (κ3) is 4.95. The summed E-state index contributed by atoms with van der Waals surface area (Å²) in [6.07, 6.45) is 3.37. The van der Waals surface area contributed by atoms with E-state index in [0.717, 1.165) is 21.8 Å². The van der Waals surface area contributed by atoms with Gasteiger partial charge in [0.25, 0.3) is 0 Å². The first-order valence-electron chi connectivity index (χ1n) is 8.62. The summed E-state index contributed by atoms with van der Waals surface area (Å²) in [4.78, 5) is 20.0. The summed E-state index contributed by atoms with van der Waals surface area (Å²) >= 11 is 3.41. The fourth-order valence-electron chi connectivity index (χ4n) is 2.60. The highest BCUT2D eigenvalue weighted by molar-refractivity contribution is 9.10. The maximum atomic E-state index is 12.4. The molecule has 0 unspecified atom stereocenters. The van der Waals surface area contributed by atoms with Crippen LogP contribution in [0.15, 0.2) is 65.1 Å². The molecule has 3 N–H and O–H groups in total. The van der Waals surface area contributed by atoms with Crippen molar-refractivity contribution in [2.75, 3.05) is 5.32 Å². The van der Waals surface area contributed by atoms with Crippen LogP contribution in [0.4, 0.5) is 10.6 Å². The monoisotopic (exact) mass is 438 g/mol. The third-order valence-corrected chi connectivity index (χ3v) is 4.51. The Labute approximate surface area is 171 Å². The van der Waals surface area contributed by atoms with Gasteiger partial charge >= 0.3 is 6.09 Å². The number of allylic oxidation sites excluding steroid dienone is 1. The van der Waals surface area contributed by atoms with Gasteiger partial charge in [-0.25, -0.2) is 9.78 Å². The number of halogens is 1. The van der Waals surface area contributed by atoms with Crippen LogP contribution in [0.1, 0.15) is 24.4 Å². The Kier molecular flexibility index (Phi) is 6.39. The van der Waals surface area contributed by atoms with Crippen LogP contribution in [0.5, 0.6) is 0 Å². The molecule has 0 saturated carbocycles. The van der Waals surface area contributed by atoms with Gasteiger partial charge < -0.3 is 15.1 Å². The number of hydrogen-bond acceptors (Lipinski definition) is 4. The number of nitrogens with one attached hydrogen (secondary N) is 3. The lowest BCUT2D eigenvalue weighted by molar-refractivity contribution is 0.121. The molecule has 3 aromatic rings. The summed E-state index contributed by atoms with van der Waals surface area (Å²) in [5.41, 5.74) is 2.42. The number of imidazole rings is 1. The first kappa shape index (κ1) is 19.6. The maximum Gasteiger partial charge on any atom is 0.413 e. The number of ether oxygens (including phenoxy) is 1. The summed E-state index contributed by atoms with van der Waals surface area (Å²) in [6.45, 7) is 1.81. The first-order chi connectivity index (χ1) is 13.6. The molecule has 142 valence electrons. The second kappa shape index (κ2) is 9.14. The van der Waals surface area contributed by atoms with Crippen molar-refractivity contribution in [3.8, 4) is 11.3 Å². The average Bonchev–Trinajstić information content (AvgIpc) is 3.10. The van der Waals surface area contributed by atoms with E-state index in [1.807, 2.05) is 61.5 Å². The number of carbonyl (C=O) groups is 1. The minimum Gasteiger partial charge on any atom is -0.441 e. The first-order valence-corrected chi connectivity index (χ1v) is 9.42. The van der Waals surface area contributed by atoms with E-state index in [1.165, 1.54) is 0 Å². The molecule has 28 heavy (non-hydrogen) atoms. The van der Waals surface area contributed by atoms with Gasteiger partial charge in [-0.15, -0.1) is 0 Å². The number of anilines is 1. The molecule has 0 aliphatic carbocycles. The van der Waals surface area contributed by atoms with Gasteiger partial charge in [-0.3, -0.25) is 5.32 Å². The molecule has 0 aliphatic heterocycles. The molecule has 3 rings (SSSR count). The predicted molar refractivity (Wildman–Crippen MR) is 115 cm³/mol. The molecular formula is C21H19BrN4O2. The molecule has 0 aliphatic rings. The fourth-order valence-corrected chi connectivity index (χ4v) is 2.87. The largest absolute Gasteiger partial charge is 0.441 e. The average molecular weight is 439 g/mol. The van der Waals surface area contributed by atoms with E-state index in [9.17, 15) is 4.79 Å². The lowest BCUT2D eigenvalue weighted by atomic mass is 10.1. The Hall–Kier alpha value is -3.19. The van der Waals surface area contributed by atoms with Crippen LogP contribution in [0, 0.1) is 5.41 Å². The van der Waals surface area contributed by atoms with Crippen molar-refractivity contribution in [3.63, 3.8) is 0 Å². The van der Waals surface area contributed by atoms with Crippen LogP contribution < -0.4 is 5.32 Å². The molecule has 0 bridgehead atoms. The second-order valence-electron chi connectivity index (χ2n) is 5.96. The molecule has 0 saturated heterocycles. The zero-order valence-corrected chi connectivity index (χ0v) is 16.7. The summed E-state index contributed by atoms with van der Waals surface area (Å²) in [5, 5.41) is 9.84. The lowest BCUT2D eigenvalue weighted by Crippen LogP contribution is -2.16. The summed E-state index contributed by atoms with van der Waals surface area (Å²) < 4.78 is 6.42. The third-order valence-electron chi connectivity index (χ3n) is 3.98. The summed E-state index contributed by atoms with van der Waals surface area (Å²) in [7, 11) is 0. The summed E-state index contributed by atoms with van der Waals surface area (Å²) in [5.74, 6) is 0.880. The van der Waals surface area contributed by atoms with Crippen molar-refractivity contribution >= 4 is 40.1 Å². The quantitative estimate of drug-likeness (QED) is 0.423. The number of aromatic nitrogens is 2. The Balaban J connectivity index is 1.82. The zero-order valence-electron chi connectivity index (χ0n) is 15.1. The molecule has 0 radical (unpaired) electrons. The van der Waals surface area contributed by atoms with Gasteiger partial charge in [0.2, 0.25) is 0 Å². The smallest absolute Gasteiger partial charge is 0.413 e. The zero-order chi connectivity index (χ0) is 19.9. The normalized spacial score (nSPS) is 11.9. The van der Waals surface area contributed by atoms with Gasteiger partial charge in [0.1, 0.15) is 11.9 Å². The van der Waals surface area contributed by atoms with E-state index in [-0.39, 0.29) is 0 Å². The van der Waals surface area contributed by atoms with Crippen molar-refractivity contribution in [2.24, 2.45) is 0 Å². The van der Waals surface area contributed by atoms with Gasteiger partial charge in [-0.1, -0.05) is 58.4 Å². The highest BCUT2D eigenvalue weighted by Crippen LogP contribution is 2.28. The van der Waals surface area contributed by atoms with Crippen molar-refractivity contribution in [3.05, 3.63) is 76.5 Å². The Morgan fingerprint density at radius 3 is 2.61 bits per heavy atom. The van der Waals surface area contributed by atoms with Gasteiger partial charge in [0.05, 0.1) is 5.69 Å².